The van der Waals surface area contributed by atoms with E-state index < -0.39 is 0 Å². The highest BCUT2D eigenvalue weighted by atomic mass is 16.1. The lowest BCUT2D eigenvalue weighted by atomic mass is 10.1. The number of benzene rings is 2. The molecule has 4 aromatic rings. The summed E-state index contributed by atoms with van der Waals surface area (Å²) in [6.45, 7) is 3.27. The largest absolute Gasteiger partial charge is 0.353 e. The Morgan fingerprint density at radius 1 is 1.00 bits per heavy atom. The van der Waals surface area contributed by atoms with Gasteiger partial charge in [0.15, 0.2) is 5.65 Å². The molecule has 1 amide bonds. The molecule has 0 atom stereocenters. The smallest absolute Gasteiger partial charge is 0.256 e. The molecule has 0 saturated carbocycles. The monoisotopic (exact) mass is 428 g/mol. The number of aromatic nitrogens is 3. The molecule has 2 aromatic carbocycles. The van der Waals surface area contributed by atoms with Crippen molar-refractivity contribution in [3.8, 4) is 5.69 Å². The van der Waals surface area contributed by atoms with Gasteiger partial charge in [-0.1, -0.05) is 30.3 Å². The standard InChI is InChI=1S/C24H24N6O2/c1-16-20-11-12-21(31)30(22(20)29-24(28-16)26-14-13-25)19-9-7-18(8-10-19)23(32)27-15-17-5-3-2-4-6-17/h2-12H,13-15,25H2,1H3,(H,27,32)(H,26,28,29). The maximum absolute atomic E-state index is 12.7. The van der Waals surface area contributed by atoms with Crippen molar-refractivity contribution in [2.24, 2.45) is 5.73 Å². The molecule has 4 rings (SSSR count). The Morgan fingerprint density at radius 3 is 2.47 bits per heavy atom. The zero-order valence-corrected chi connectivity index (χ0v) is 17.7. The van der Waals surface area contributed by atoms with E-state index in [1.807, 2.05) is 37.3 Å². The van der Waals surface area contributed by atoms with Crippen LogP contribution in [0.4, 0.5) is 5.95 Å². The van der Waals surface area contributed by atoms with Gasteiger partial charge in [0.2, 0.25) is 5.95 Å². The summed E-state index contributed by atoms with van der Waals surface area (Å²) >= 11 is 0. The molecule has 0 spiro atoms. The molecule has 32 heavy (non-hydrogen) atoms. The average molecular weight is 428 g/mol. The number of hydrogen-bond acceptors (Lipinski definition) is 6. The second kappa shape index (κ2) is 9.40. The van der Waals surface area contributed by atoms with Gasteiger partial charge >= 0.3 is 0 Å². The van der Waals surface area contributed by atoms with E-state index in [-0.39, 0.29) is 11.5 Å². The van der Waals surface area contributed by atoms with E-state index in [1.165, 1.54) is 10.6 Å². The van der Waals surface area contributed by atoms with Crippen LogP contribution in [0, 0.1) is 6.92 Å². The topological polar surface area (TPSA) is 115 Å². The van der Waals surface area contributed by atoms with E-state index in [0.717, 1.165) is 16.6 Å². The van der Waals surface area contributed by atoms with E-state index in [9.17, 15) is 9.59 Å². The molecular formula is C24H24N6O2. The van der Waals surface area contributed by atoms with Crippen LogP contribution in [0.2, 0.25) is 0 Å². The summed E-state index contributed by atoms with van der Waals surface area (Å²) < 4.78 is 1.52. The van der Waals surface area contributed by atoms with Crippen molar-refractivity contribution in [3.05, 3.63) is 93.9 Å². The SMILES string of the molecule is Cc1nc(NCCN)nc2c1ccc(=O)n2-c1ccc(C(=O)NCc2ccccc2)cc1. The van der Waals surface area contributed by atoms with Gasteiger partial charge in [0.25, 0.3) is 11.5 Å². The molecule has 162 valence electrons. The van der Waals surface area contributed by atoms with Crippen LogP contribution in [0.25, 0.3) is 16.7 Å². The van der Waals surface area contributed by atoms with Gasteiger partial charge in [0.05, 0.1) is 11.4 Å². The van der Waals surface area contributed by atoms with E-state index in [2.05, 4.69) is 20.6 Å². The van der Waals surface area contributed by atoms with Crippen molar-refractivity contribution in [3.63, 3.8) is 0 Å². The highest BCUT2D eigenvalue weighted by Crippen LogP contribution is 2.19. The summed E-state index contributed by atoms with van der Waals surface area (Å²) in [6, 6.07) is 19.8. The van der Waals surface area contributed by atoms with Gasteiger partial charge in [-0.25, -0.2) is 4.98 Å². The molecule has 0 aliphatic heterocycles. The second-order valence-corrected chi connectivity index (χ2v) is 7.31. The number of amides is 1. The molecule has 0 aliphatic rings. The lowest BCUT2D eigenvalue weighted by Gasteiger charge is -2.13. The number of carbonyl (C=O) groups excluding carboxylic acids is 1. The van der Waals surface area contributed by atoms with Crippen molar-refractivity contribution in [2.45, 2.75) is 13.5 Å². The molecule has 2 heterocycles. The van der Waals surface area contributed by atoms with Crippen molar-refractivity contribution < 1.29 is 4.79 Å². The van der Waals surface area contributed by atoms with E-state index in [0.29, 0.717) is 42.5 Å². The number of hydrogen-bond donors (Lipinski definition) is 3. The molecule has 2 aromatic heterocycles. The van der Waals surface area contributed by atoms with Crippen LogP contribution in [0.15, 0.2) is 71.5 Å². The predicted octanol–water partition coefficient (Wildman–Crippen LogP) is 2.39. The summed E-state index contributed by atoms with van der Waals surface area (Å²) in [5.41, 5.74) is 8.72. The minimum absolute atomic E-state index is 0.183. The summed E-state index contributed by atoms with van der Waals surface area (Å²) in [6.07, 6.45) is 0. The number of rotatable bonds is 7. The van der Waals surface area contributed by atoms with E-state index in [4.69, 9.17) is 5.73 Å². The van der Waals surface area contributed by atoms with Crippen LogP contribution in [0.5, 0.6) is 0 Å². The molecule has 8 nitrogen and oxygen atoms in total. The number of nitrogens with two attached hydrogens (primary N) is 1. The fraction of sp³-hybridized carbons (Fsp3) is 0.167. The van der Waals surface area contributed by atoms with Crippen LogP contribution in [0.3, 0.4) is 0 Å². The highest BCUT2D eigenvalue weighted by molar-refractivity contribution is 5.94. The van der Waals surface area contributed by atoms with Crippen LogP contribution in [-0.4, -0.2) is 33.5 Å². The first-order valence-electron chi connectivity index (χ1n) is 10.3. The van der Waals surface area contributed by atoms with Crippen molar-refractivity contribution in [1.82, 2.24) is 19.9 Å². The summed E-state index contributed by atoms with van der Waals surface area (Å²) in [5.74, 6) is 0.230. The first-order valence-corrected chi connectivity index (χ1v) is 10.3. The van der Waals surface area contributed by atoms with Crippen molar-refractivity contribution in [1.29, 1.82) is 0 Å². The molecule has 0 aliphatic carbocycles. The Morgan fingerprint density at radius 2 is 1.75 bits per heavy atom. The van der Waals surface area contributed by atoms with Crippen LogP contribution >= 0.6 is 0 Å². The number of carbonyl (C=O) groups is 1. The molecule has 0 saturated heterocycles. The summed E-state index contributed by atoms with van der Waals surface area (Å²) in [5, 5.41) is 6.74. The third-order valence-electron chi connectivity index (χ3n) is 5.05. The zero-order chi connectivity index (χ0) is 22.5. The van der Waals surface area contributed by atoms with Gasteiger partial charge in [-0.15, -0.1) is 0 Å². The van der Waals surface area contributed by atoms with E-state index in [1.54, 1.807) is 30.3 Å². The molecule has 0 unspecified atom stereocenters. The van der Waals surface area contributed by atoms with Gasteiger partial charge in [0.1, 0.15) is 0 Å². The van der Waals surface area contributed by atoms with E-state index >= 15 is 0 Å². The molecule has 0 fully saturated rings. The number of pyridine rings is 1. The normalized spacial score (nSPS) is 10.8. The first-order chi connectivity index (χ1) is 15.6. The Balaban J connectivity index is 1.64. The lowest BCUT2D eigenvalue weighted by molar-refractivity contribution is 0.0951. The number of aryl methyl sites for hydroxylation is 1. The van der Waals surface area contributed by atoms with Crippen LogP contribution < -0.4 is 21.9 Å². The Hall–Kier alpha value is -4.04. The van der Waals surface area contributed by atoms with Crippen LogP contribution in [-0.2, 0) is 6.54 Å². The lowest BCUT2D eigenvalue weighted by Crippen LogP contribution is -2.23. The third kappa shape index (κ3) is 4.50. The van der Waals surface area contributed by atoms with Gasteiger partial charge in [-0.3, -0.25) is 14.2 Å². The number of nitrogens with one attached hydrogen (secondary N) is 2. The molecule has 8 heteroatoms. The predicted molar refractivity (Wildman–Crippen MR) is 125 cm³/mol. The molecule has 0 bridgehead atoms. The Kier molecular flexibility index (Phi) is 6.23. The fourth-order valence-electron chi connectivity index (χ4n) is 3.42. The Bertz CT molecular complexity index is 1300. The first kappa shape index (κ1) is 21.2. The molecular weight excluding hydrogens is 404 g/mol. The highest BCUT2D eigenvalue weighted by Gasteiger charge is 2.13. The van der Waals surface area contributed by atoms with Gasteiger partial charge in [-0.2, -0.15) is 4.98 Å². The van der Waals surface area contributed by atoms with Crippen molar-refractivity contribution in [2.75, 3.05) is 18.4 Å². The average Bonchev–Trinajstić information content (AvgIpc) is 2.82. The second-order valence-electron chi connectivity index (χ2n) is 7.31. The Labute approximate surface area is 185 Å². The molecule has 4 N–H and O–H groups in total. The van der Waals surface area contributed by atoms with Gasteiger partial charge in [-0.05, 0) is 42.8 Å². The van der Waals surface area contributed by atoms with Crippen molar-refractivity contribution >= 4 is 22.9 Å². The third-order valence-corrected chi connectivity index (χ3v) is 5.05. The maximum Gasteiger partial charge on any atom is 0.256 e. The summed E-state index contributed by atoms with van der Waals surface area (Å²) in [4.78, 5) is 34.2. The molecule has 0 radical (unpaired) electrons. The number of fused-ring (bicyclic) bond motifs is 1. The van der Waals surface area contributed by atoms with Crippen LogP contribution in [0.1, 0.15) is 21.6 Å². The quantitative estimate of drug-likeness (QED) is 0.416. The zero-order valence-electron chi connectivity index (χ0n) is 17.7. The summed E-state index contributed by atoms with van der Waals surface area (Å²) in [7, 11) is 0. The number of anilines is 1. The van der Waals surface area contributed by atoms with Gasteiger partial charge in [0, 0.05) is 36.7 Å². The number of nitrogens with zero attached hydrogens (tertiary/aromatic N) is 3. The fourth-order valence-corrected chi connectivity index (χ4v) is 3.42. The van der Waals surface area contributed by atoms with Gasteiger partial charge < -0.3 is 16.4 Å². The maximum atomic E-state index is 12.7. The minimum atomic E-state index is -0.221. The minimum Gasteiger partial charge on any atom is -0.353 e.